The molecule has 7 heteroatoms. The van der Waals surface area contributed by atoms with Crippen molar-refractivity contribution in [3.05, 3.63) is 50.4 Å². The molecule has 0 aliphatic rings. The highest BCUT2D eigenvalue weighted by molar-refractivity contribution is 9.10. The van der Waals surface area contributed by atoms with Gasteiger partial charge in [0.05, 0.1) is 33.3 Å². The highest BCUT2D eigenvalue weighted by Crippen LogP contribution is 2.30. The second-order valence-corrected chi connectivity index (χ2v) is 6.02. The fourth-order valence-corrected chi connectivity index (χ4v) is 3.05. The van der Waals surface area contributed by atoms with Crippen molar-refractivity contribution >= 4 is 50.8 Å². The van der Waals surface area contributed by atoms with Crippen LogP contribution in [0.3, 0.4) is 0 Å². The maximum absolute atomic E-state index is 13.6. The van der Waals surface area contributed by atoms with E-state index in [2.05, 4.69) is 20.9 Å². The van der Waals surface area contributed by atoms with Gasteiger partial charge in [0.25, 0.3) is 0 Å². The smallest absolute Gasteiger partial charge is 0.182 e. The molecule has 21 heavy (non-hydrogen) atoms. The lowest BCUT2D eigenvalue weighted by molar-refractivity contribution is 0.415. The second-order valence-electron chi connectivity index (χ2n) is 4.37. The molecule has 2 aromatic carbocycles. The first-order valence-electron chi connectivity index (χ1n) is 5.95. The van der Waals surface area contributed by atoms with Crippen LogP contribution in [0.1, 0.15) is 0 Å². The molecular formula is C14H9BrClFN2OS. The Morgan fingerprint density at radius 2 is 2.10 bits per heavy atom. The Morgan fingerprint density at radius 3 is 2.76 bits per heavy atom. The van der Waals surface area contributed by atoms with Crippen LogP contribution in [0, 0.1) is 10.6 Å². The number of halogens is 3. The van der Waals surface area contributed by atoms with E-state index in [1.54, 1.807) is 29.9 Å². The Hall–Kier alpha value is -1.37. The van der Waals surface area contributed by atoms with Crippen molar-refractivity contribution in [1.82, 2.24) is 9.55 Å². The first kappa shape index (κ1) is 14.6. The molecule has 1 heterocycles. The van der Waals surface area contributed by atoms with Gasteiger partial charge in [-0.15, -0.1) is 0 Å². The Bertz CT molecular complexity index is 906. The Kier molecular flexibility index (Phi) is 3.77. The molecule has 0 bridgehead atoms. The van der Waals surface area contributed by atoms with Crippen LogP contribution in [0.2, 0.25) is 5.02 Å². The number of nitrogens with one attached hydrogen (secondary N) is 1. The summed E-state index contributed by atoms with van der Waals surface area (Å²) in [4.78, 5) is 2.98. The fraction of sp³-hybridized carbons (Fsp3) is 0.0714. The van der Waals surface area contributed by atoms with Crippen LogP contribution in [0.5, 0.6) is 5.75 Å². The minimum Gasteiger partial charge on any atom is -0.495 e. The number of H-pyrrole nitrogens is 1. The number of hydrogen-bond acceptors (Lipinski definition) is 2. The van der Waals surface area contributed by atoms with Gasteiger partial charge in [0, 0.05) is 6.07 Å². The molecule has 0 saturated carbocycles. The fourth-order valence-electron chi connectivity index (χ4n) is 2.15. The number of nitrogens with zero attached hydrogens (tertiary/aromatic N) is 1. The molecular weight excluding hydrogens is 379 g/mol. The van der Waals surface area contributed by atoms with Crippen LogP contribution < -0.4 is 4.74 Å². The molecule has 0 saturated heterocycles. The largest absolute Gasteiger partial charge is 0.495 e. The summed E-state index contributed by atoms with van der Waals surface area (Å²) >= 11 is 14.7. The molecule has 0 atom stereocenters. The van der Waals surface area contributed by atoms with Crippen LogP contribution in [0.25, 0.3) is 16.7 Å². The molecule has 0 radical (unpaired) electrons. The summed E-state index contributed by atoms with van der Waals surface area (Å²) in [5.41, 5.74) is 2.15. The molecule has 3 rings (SSSR count). The van der Waals surface area contributed by atoms with Crippen LogP contribution in [0.15, 0.2) is 34.8 Å². The zero-order valence-electron chi connectivity index (χ0n) is 10.8. The number of aromatic nitrogens is 2. The van der Waals surface area contributed by atoms with Gasteiger partial charge in [0.1, 0.15) is 11.6 Å². The van der Waals surface area contributed by atoms with E-state index < -0.39 is 0 Å². The lowest BCUT2D eigenvalue weighted by Crippen LogP contribution is -1.95. The molecule has 0 spiro atoms. The molecule has 3 nitrogen and oxygen atoms in total. The molecule has 1 aromatic heterocycles. The number of methoxy groups -OCH3 is 1. The van der Waals surface area contributed by atoms with Gasteiger partial charge in [-0.05, 0) is 52.4 Å². The van der Waals surface area contributed by atoms with Gasteiger partial charge < -0.3 is 9.72 Å². The normalized spacial score (nSPS) is 11.0. The molecule has 108 valence electrons. The summed E-state index contributed by atoms with van der Waals surface area (Å²) in [6.07, 6.45) is 0. The van der Waals surface area contributed by atoms with Crippen LogP contribution in [-0.2, 0) is 0 Å². The molecule has 0 unspecified atom stereocenters. The summed E-state index contributed by atoms with van der Waals surface area (Å²) in [6.45, 7) is 0. The molecule has 0 aliphatic heterocycles. The highest BCUT2D eigenvalue weighted by atomic mass is 79.9. The topological polar surface area (TPSA) is 29.9 Å². The minimum atomic E-state index is -0.348. The standard InChI is InChI=1S/C14H9BrClFN2OS/c1-20-13-3-2-7(4-9(13)16)19-12-5-8(15)10(17)6-11(12)18-14(19)21/h2-6H,1H3,(H,18,21). The SMILES string of the molecule is COc1ccc(-n2c(=S)[nH]c3cc(F)c(Br)cc32)cc1Cl. The summed E-state index contributed by atoms with van der Waals surface area (Å²) < 4.78 is 21.4. The summed E-state index contributed by atoms with van der Waals surface area (Å²) in [5, 5.41) is 0.479. The van der Waals surface area contributed by atoms with Crippen molar-refractivity contribution in [3.63, 3.8) is 0 Å². The summed E-state index contributed by atoms with van der Waals surface area (Å²) in [6, 6.07) is 8.43. The number of imidazole rings is 1. The van der Waals surface area contributed by atoms with Crippen molar-refractivity contribution in [1.29, 1.82) is 0 Å². The second kappa shape index (κ2) is 5.44. The van der Waals surface area contributed by atoms with Gasteiger partial charge in [0.2, 0.25) is 0 Å². The van der Waals surface area contributed by atoms with E-state index in [-0.39, 0.29) is 5.82 Å². The van der Waals surface area contributed by atoms with Crippen LogP contribution in [-0.4, -0.2) is 16.7 Å². The van der Waals surface area contributed by atoms with Gasteiger partial charge in [-0.25, -0.2) is 4.39 Å². The van der Waals surface area contributed by atoms with E-state index in [4.69, 9.17) is 28.6 Å². The maximum atomic E-state index is 13.6. The monoisotopic (exact) mass is 386 g/mol. The van der Waals surface area contributed by atoms with Gasteiger partial charge in [-0.1, -0.05) is 11.6 Å². The van der Waals surface area contributed by atoms with Crippen molar-refractivity contribution < 1.29 is 9.13 Å². The van der Waals surface area contributed by atoms with E-state index >= 15 is 0 Å². The number of fused-ring (bicyclic) bond motifs is 1. The average Bonchev–Trinajstić information content (AvgIpc) is 2.74. The molecule has 3 aromatic rings. The highest BCUT2D eigenvalue weighted by Gasteiger charge is 2.11. The maximum Gasteiger partial charge on any atom is 0.182 e. The number of benzene rings is 2. The van der Waals surface area contributed by atoms with E-state index in [0.717, 1.165) is 11.2 Å². The van der Waals surface area contributed by atoms with E-state index in [9.17, 15) is 4.39 Å². The van der Waals surface area contributed by atoms with Crippen molar-refractivity contribution in [2.24, 2.45) is 0 Å². The van der Waals surface area contributed by atoms with E-state index in [0.29, 0.717) is 25.5 Å². The Balaban J connectivity index is 2.29. The lowest BCUT2D eigenvalue weighted by Gasteiger charge is -2.08. The third-order valence-corrected chi connectivity index (χ3v) is 4.31. The number of aromatic amines is 1. The average molecular weight is 388 g/mol. The number of ether oxygens (including phenoxy) is 1. The Labute approximate surface area is 138 Å². The third kappa shape index (κ3) is 2.47. The van der Waals surface area contributed by atoms with Crippen molar-refractivity contribution in [3.8, 4) is 11.4 Å². The number of rotatable bonds is 2. The first-order chi connectivity index (χ1) is 10.0. The number of hydrogen-bond donors (Lipinski definition) is 1. The predicted molar refractivity (Wildman–Crippen MR) is 87.7 cm³/mol. The third-order valence-electron chi connectivity index (χ3n) is 3.12. The van der Waals surface area contributed by atoms with Crippen LogP contribution in [0.4, 0.5) is 4.39 Å². The summed E-state index contributed by atoms with van der Waals surface area (Å²) in [5.74, 6) is 0.234. The van der Waals surface area contributed by atoms with E-state index in [1.807, 2.05) is 6.07 Å². The van der Waals surface area contributed by atoms with E-state index in [1.165, 1.54) is 6.07 Å². The zero-order valence-corrected chi connectivity index (χ0v) is 13.9. The van der Waals surface area contributed by atoms with Gasteiger partial charge in [-0.3, -0.25) is 4.57 Å². The molecule has 0 aliphatic carbocycles. The molecule has 0 fully saturated rings. The lowest BCUT2D eigenvalue weighted by atomic mass is 10.2. The Morgan fingerprint density at radius 1 is 1.33 bits per heavy atom. The van der Waals surface area contributed by atoms with Gasteiger partial charge in [0.15, 0.2) is 4.77 Å². The quantitative estimate of drug-likeness (QED) is 0.609. The van der Waals surface area contributed by atoms with Crippen LogP contribution >= 0.6 is 39.7 Å². The first-order valence-corrected chi connectivity index (χ1v) is 7.53. The molecule has 1 N–H and O–H groups in total. The van der Waals surface area contributed by atoms with Crippen molar-refractivity contribution in [2.75, 3.05) is 7.11 Å². The zero-order chi connectivity index (χ0) is 15.1. The summed E-state index contributed by atoms with van der Waals surface area (Å²) in [7, 11) is 1.55. The predicted octanol–water partition coefficient (Wildman–Crippen LogP) is 5.25. The van der Waals surface area contributed by atoms with Gasteiger partial charge in [-0.2, -0.15) is 0 Å². The minimum absolute atomic E-state index is 0.348. The van der Waals surface area contributed by atoms with Crippen molar-refractivity contribution in [2.45, 2.75) is 0 Å². The van der Waals surface area contributed by atoms with Gasteiger partial charge >= 0.3 is 0 Å². The molecule has 0 amide bonds.